The average Bonchev–Trinajstić information content (AvgIpc) is 2.42. The molecule has 0 aromatic heterocycles. The molecule has 1 saturated heterocycles. The number of nitrogens with zero attached hydrogens (tertiary/aromatic N) is 3. The van der Waals surface area contributed by atoms with Gasteiger partial charge in [0.15, 0.2) is 0 Å². The molecule has 0 bridgehead atoms. The zero-order valence-electron chi connectivity index (χ0n) is 10.8. The van der Waals surface area contributed by atoms with Gasteiger partial charge < -0.3 is 4.90 Å². The zero-order valence-corrected chi connectivity index (χ0v) is 11.6. The first-order valence-corrected chi connectivity index (χ1v) is 6.65. The van der Waals surface area contributed by atoms with Gasteiger partial charge in [-0.25, -0.2) is 0 Å². The summed E-state index contributed by atoms with van der Waals surface area (Å²) in [6.45, 7) is 4.30. The summed E-state index contributed by atoms with van der Waals surface area (Å²) in [5.74, 6) is 0.0888. The molecule has 1 aromatic rings. The van der Waals surface area contributed by atoms with E-state index in [0.717, 1.165) is 5.56 Å². The number of hydrogen-bond acceptors (Lipinski definition) is 3. The number of halogens is 1. The number of rotatable bonds is 2. The van der Waals surface area contributed by atoms with Crippen LogP contribution < -0.4 is 0 Å². The Morgan fingerprint density at radius 1 is 1.32 bits per heavy atom. The molecule has 1 atom stereocenters. The van der Waals surface area contributed by atoms with Crippen LogP contribution in [0.1, 0.15) is 18.5 Å². The van der Waals surface area contributed by atoms with Gasteiger partial charge in [0.2, 0.25) is 5.91 Å². The van der Waals surface area contributed by atoms with Crippen molar-refractivity contribution in [2.75, 3.05) is 26.2 Å². The molecule has 4 nitrogen and oxygen atoms in total. The quantitative estimate of drug-likeness (QED) is 0.831. The Bertz CT molecular complexity index is 504. The molecule has 2 rings (SSSR count). The Hall–Kier alpha value is -1.57. The third-order valence-corrected chi connectivity index (χ3v) is 3.79. The highest BCUT2D eigenvalue weighted by atomic mass is 35.5. The standard InChI is InChI=1S/C14H16ClN3O/c1-11(19)17-6-8-18(9-7-17)14(10-16)12-4-2-3-5-13(12)15/h2-5,14H,6-9H2,1H3. The van der Waals surface area contributed by atoms with E-state index < -0.39 is 0 Å². The molecule has 0 radical (unpaired) electrons. The van der Waals surface area contributed by atoms with Crippen LogP contribution in [0.5, 0.6) is 0 Å². The first kappa shape index (κ1) is 13.9. The summed E-state index contributed by atoms with van der Waals surface area (Å²) in [7, 11) is 0. The second-order valence-corrected chi connectivity index (χ2v) is 5.00. The van der Waals surface area contributed by atoms with E-state index in [1.165, 1.54) is 0 Å². The molecule has 100 valence electrons. The van der Waals surface area contributed by atoms with E-state index in [4.69, 9.17) is 11.6 Å². The number of carbonyl (C=O) groups excluding carboxylic acids is 1. The van der Waals surface area contributed by atoms with E-state index in [0.29, 0.717) is 31.2 Å². The fourth-order valence-electron chi connectivity index (χ4n) is 2.34. The summed E-state index contributed by atoms with van der Waals surface area (Å²) < 4.78 is 0. The Kier molecular flexibility index (Phi) is 4.41. The van der Waals surface area contributed by atoms with Crippen LogP contribution in [0.2, 0.25) is 5.02 Å². The van der Waals surface area contributed by atoms with Crippen LogP contribution >= 0.6 is 11.6 Å². The summed E-state index contributed by atoms with van der Waals surface area (Å²) in [6, 6.07) is 9.39. The van der Waals surface area contributed by atoms with Crippen LogP contribution in [0.15, 0.2) is 24.3 Å². The molecule has 1 heterocycles. The Morgan fingerprint density at radius 3 is 2.47 bits per heavy atom. The lowest BCUT2D eigenvalue weighted by Crippen LogP contribution is -2.48. The number of amides is 1. The summed E-state index contributed by atoms with van der Waals surface area (Å²) in [4.78, 5) is 15.2. The van der Waals surface area contributed by atoms with Crippen LogP contribution in [0, 0.1) is 11.3 Å². The normalized spacial score (nSPS) is 17.8. The summed E-state index contributed by atoms with van der Waals surface area (Å²) in [6.07, 6.45) is 0. The van der Waals surface area contributed by atoms with Crippen molar-refractivity contribution in [1.29, 1.82) is 5.26 Å². The fourth-order valence-corrected chi connectivity index (χ4v) is 2.58. The van der Waals surface area contributed by atoms with E-state index in [1.54, 1.807) is 17.9 Å². The maximum atomic E-state index is 11.3. The minimum Gasteiger partial charge on any atom is -0.340 e. The van der Waals surface area contributed by atoms with Crippen molar-refractivity contribution in [2.45, 2.75) is 13.0 Å². The molecule has 0 saturated carbocycles. The Balaban J connectivity index is 2.11. The van der Waals surface area contributed by atoms with Crippen molar-refractivity contribution in [3.05, 3.63) is 34.9 Å². The van der Waals surface area contributed by atoms with Gasteiger partial charge in [-0.1, -0.05) is 29.8 Å². The van der Waals surface area contributed by atoms with E-state index >= 15 is 0 Å². The van der Waals surface area contributed by atoms with Gasteiger partial charge in [0.1, 0.15) is 6.04 Å². The van der Waals surface area contributed by atoms with Gasteiger partial charge in [-0.2, -0.15) is 5.26 Å². The molecule has 1 aliphatic rings. The van der Waals surface area contributed by atoms with Crippen molar-refractivity contribution in [3.63, 3.8) is 0 Å². The van der Waals surface area contributed by atoms with Crippen LogP contribution in [0.4, 0.5) is 0 Å². The lowest BCUT2D eigenvalue weighted by atomic mass is 10.1. The monoisotopic (exact) mass is 277 g/mol. The van der Waals surface area contributed by atoms with Gasteiger partial charge in [0, 0.05) is 43.7 Å². The van der Waals surface area contributed by atoms with Gasteiger partial charge in [-0.05, 0) is 6.07 Å². The molecule has 1 unspecified atom stereocenters. The largest absolute Gasteiger partial charge is 0.340 e. The van der Waals surface area contributed by atoms with Gasteiger partial charge in [0.25, 0.3) is 0 Å². The zero-order chi connectivity index (χ0) is 13.8. The Labute approximate surface area is 118 Å². The highest BCUT2D eigenvalue weighted by Gasteiger charge is 2.26. The molecular weight excluding hydrogens is 262 g/mol. The number of carbonyl (C=O) groups is 1. The van der Waals surface area contributed by atoms with Crippen molar-refractivity contribution >= 4 is 17.5 Å². The number of nitriles is 1. The SMILES string of the molecule is CC(=O)N1CCN(C(C#N)c2ccccc2Cl)CC1. The second kappa shape index (κ2) is 6.05. The maximum Gasteiger partial charge on any atom is 0.219 e. The molecule has 1 aliphatic heterocycles. The molecule has 0 aliphatic carbocycles. The summed E-state index contributed by atoms with van der Waals surface area (Å²) in [5.41, 5.74) is 0.836. The molecular formula is C14H16ClN3O. The minimum absolute atomic E-state index is 0.0888. The average molecular weight is 278 g/mol. The van der Waals surface area contributed by atoms with Crippen molar-refractivity contribution < 1.29 is 4.79 Å². The molecule has 1 aromatic carbocycles. The molecule has 0 spiro atoms. The molecule has 1 fully saturated rings. The first-order valence-electron chi connectivity index (χ1n) is 6.27. The van der Waals surface area contributed by atoms with Crippen LogP contribution in [0.25, 0.3) is 0 Å². The number of benzene rings is 1. The predicted octanol–water partition coefficient (Wildman–Crippen LogP) is 2.07. The van der Waals surface area contributed by atoms with E-state index in [9.17, 15) is 10.1 Å². The minimum atomic E-state index is -0.345. The lowest BCUT2D eigenvalue weighted by molar-refractivity contribution is -0.130. The van der Waals surface area contributed by atoms with E-state index in [-0.39, 0.29) is 11.9 Å². The fraction of sp³-hybridized carbons (Fsp3) is 0.429. The van der Waals surface area contributed by atoms with Crippen LogP contribution in [-0.2, 0) is 4.79 Å². The molecule has 5 heteroatoms. The highest BCUT2D eigenvalue weighted by molar-refractivity contribution is 6.31. The smallest absolute Gasteiger partial charge is 0.219 e. The lowest BCUT2D eigenvalue weighted by Gasteiger charge is -2.36. The van der Waals surface area contributed by atoms with Gasteiger partial charge in [0.05, 0.1) is 6.07 Å². The van der Waals surface area contributed by atoms with Crippen molar-refractivity contribution in [1.82, 2.24) is 9.80 Å². The topological polar surface area (TPSA) is 47.3 Å². The molecule has 19 heavy (non-hydrogen) atoms. The van der Waals surface area contributed by atoms with Crippen molar-refractivity contribution in [2.24, 2.45) is 0 Å². The molecule has 1 amide bonds. The third-order valence-electron chi connectivity index (χ3n) is 3.45. The van der Waals surface area contributed by atoms with Gasteiger partial charge in [-0.15, -0.1) is 0 Å². The third kappa shape index (κ3) is 3.06. The number of piperazine rings is 1. The predicted molar refractivity (Wildman–Crippen MR) is 73.6 cm³/mol. The maximum absolute atomic E-state index is 11.3. The van der Waals surface area contributed by atoms with Crippen LogP contribution in [-0.4, -0.2) is 41.9 Å². The van der Waals surface area contributed by atoms with Crippen LogP contribution in [0.3, 0.4) is 0 Å². The van der Waals surface area contributed by atoms with Gasteiger partial charge >= 0.3 is 0 Å². The second-order valence-electron chi connectivity index (χ2n) is 4.60. The summed E-state index contributed by atoms with van der Waals surface area (Å²) in [5, 5.41) is 10.0. The van der Waals surface area contributed by atoms with E-state index in [1.807, 2.05) is 18.2 Å². The van der Waals surface area contributed by atoms with E-state index in [2.05, 4.69) is 11.0 Å². The highest BCUT2D eigenvalue weighted by Crippen LogP contribution is 2.27. The Morgan fingerprint density at radius 2 is 1.95 bits per heavy atom. The van der Waals surface area contributed by atoms with Crippen molar-refractivity contribution in [3.8, 4) is 6.07 Å². The number of hydrogen-bond donors (Lipinski definition) is 0. The molecule has 0 N–H and O–H groups in total. The van der Waals surface area contributed by atoms with Gasteiger partial charge in [-0.3, -0.25) is 9.69 Å². The first-order chi connectivity index (χ1) is 9.13. The summed E-state index contributed by atoms with van der Waals surface area (Å²) >= 11 is 6.15.